The van der Waals surface area contributed by atoms with E-state index >= 15 is 0 Å². The first kappa shape index (κ1) is 50.0. The zero-order valence-corrected chi connectivity index (χ0v) is 43.3. The van der Waals surface area contributed by atoms with Gasteiger partial charge in [-0.1, -0.05) is 186 Å². The molecule has 78 heavy (non-hydrogen) atoms. The van der Waals surface area contributed by atoms with Crippen molar-refractivity contribution in [2.24, 2.45) is 5.92 Å². The highest BCUT2D eigenvalue weighted by Crippen LogP contribution is 2.54. The quantitative estimate of drug-likeness (QED) is 0.126. The second-order valence-corrected chi connectivity index (χ2v) is 20.6. The molecule has 12 rings (SSSR count). The van der Waals surface area contributed by atoms with Crippen LogP contribution in [0.1, 0.15) is 33.4 Å². The number of benzene rings is 8. The van der Waals surface area contributed by atoms with Crippen molar-refractivity contribution in [1.82, 2.24) is 0 Å². The van der Waals surface area contributed by atoms with E-state index in [1.807, 2.05) is 135 Å². The maximum absolute atomic E-state index is 14.8. The zero-order chi connectivity index (χ0) is 54.0. The smallest absolute Gasteiger partial charge is 0.330 e. The molecule has 0 N–H and O–H groups in total. The van der Waals surface area contributed by atoms with Crippen LogP contribution in [0.2, 0.25) is 0 Å². The average molecular weight is 1040 g/mol. The molecule has 4 aliphatic rings. The topological polar surface area (TPSA) is 6.48 Å². The minimum atomic E-state index is -4.62. The summed E-state index contributed by atoms with van der Waals surface area (Å²) in [5.74, 6) is -0.386. The lowest BCUT2D eigenvalue weighted by atomic mass is 9.67. The number of allylic oxidation sites excluding steroid dienone is 10. The summed E-state index contributed by atoms with van der Waals surface area (Å²) in [5.41, 5.74) is 17.6. The van der Waals surface area contributed by atoms with E-state index in [9.17, 15) is 26.3 Å². The van der Waals surface area contributed by atoms with E-state index in [1.54, 1.807) is 12.1 Å². The Kier molecular flexibility index (Phi) is 12.6. The van der Waals surface area contributed by atoms with Gasteiger partial charge in [0.15, 0.2) is 0 Å². The van der Waals surface area contributed by atoms with Gasteiger partial charge in [0, 0.05) is 34.1 Å². The standard InChI is InChI=1S/C70H52F6N2/c1-43-11-5-15-49(35-43)51-27-33-65(61(39-51)53-17-7-13-45(3)37-53)77(57-21-9-19-55(41-57)69(71,72)73)63-31-25-47-24-30-60-64(32-26-48-23-29-59(63)67(47)68(48)60)78(58-22-10-20-56(42-58)70(74,75)76)66-34-28-52(50-16-6-12-44(2)36-50)40-62(66)54-18-8-14-46(4)38-54/h5-42,63,68H,1-4H3. The molecule has 8 aromatic carbocycles. The van der Waals surface area contributed by atoms with Gasteiger partial charge in [0.2, 0.25) is 0 Å². The zero-order valence-electron chi connectivity index (χ0n) is 43.3. The number of aryl methyl sites for hydroxylation is 4. The molecule has 0 amide bonds. The Labute approximate surface area is 451 Å². The summed E-state index contributed by atoms with van der Waals surface area (Å²) < 4.78 is 89.0. The van der Waals surface area contributed by atoms with Crippen LogP contribution in [-0.2, 0) is 12.4 Å². The van der Waals surface area contributed by atoms with Crippen molar-refractivity contribution in [1.29, 1.82) is 0 Å². The van der Waals surface area contributed by atoms with Gasteiger partial charge in [-0.3, -0.25) is 0 Å². The Balaban J connectivity index is 1.05. The van der Waals surface area contributed by atoms with Crippen LogP contribution < -0.4 is 9.80 Å². The fourth-order valence-electron chi connectivity index (χ4n) is 11.6. The van der Waals surface area contributed by atoms with E-state index in [0.29, 0.717) is 28.4 Å². The monoisotopic (exact) mass is 1030 g/mol. The van der Waals surface area contributed by atoms with Crippen molar-refractivity contribution in [2.75, 3.05) is 9.80 Å². The first-order chi connectivity index (χ1) is 37.6. The van der Waals surface area contributed by atoms with Crippen LogP contribution in [0, 0.1) is 33.6 Å². The molecule has 0 fully saturated rings. The Morgan fingerprint density at radius 3 is 1.46 bits per heavy atom. The van der Waals surface area contributed by atoms with Gasteiger partial charge in [-0.05, 0) is 156 Å². The molecular weight excluding hydrogens is 983 g/mol. The van der Waals surface area contributed by atoms with Crippen molar-refractivity contribution in [3.05, 3.63) is 298 Å². The molecule has 0 spiro atoms. The van der Waals surface area contributed by atoms with Crippen LogP contribution in [0.5, 0.6) is 0 Å². The molecule has 0 aliphatic heterocycles. The second kappa shape index (κ2) is 19.6. The summed E-state index contributed by atoms with van der Waals surface area (Å²) in [5, 5.41) is 0. The largest absolute Gasteiger partial charge is 0.416 e. The lowest BCUT2D eigenvalue weighted by Crippen LogP contribution is -2.37. The molecule has 0 aromatic heterocycles. The average Bonchev–Trinajstić information content (AvgIpc) is 3.54. The molecule has 2 atom stereocenters. The molecule has 0 saturated heterocycles. The summed E-state index contributed by atoms with van der Waals surface area (Å²) >= 11 is 0. The van der Waals surface area contributed by atoms with E-state index in [2.05, 4.69) is 85.0 Å². The Bertz CT molecular complexity index is 3970. The Hall–Kier alpha value is -8.88. The molecule has 2 nitrogen and oxygen atoms in total. The lowest BCUT2D eigenvalue weighted by Gasteiger charge is -2.44. The minimum Gasteiger partial charge on any atom is -0.330 e. The molecule has 0 radical (unpaired) electrons. The maximum Gasteiger partial charge on any atom is 0.416 e. The van der Waals surface area contributed by atoms with Crippen LogP contribution in [0.3, 0.4) is 0 Å². The molecule has 8 aromatic rings. The second-order valence-electron chi connectivity index (χ2n) is 20.6. The molecular formula is C70H52F6N2. The summed E-state index contributed by atoms with van der Waals surface area (Å²) in [7, 11) is 0. The van der Waals surface area contributed by atoms with Crippen LogP contribution in [0.15, 0.2) is 264 Å². The first-order valence-electron chi connectivity index (χ1n) is 26.0. The van der Waals surface area contributed by atoms with Crippen molar-refractivity contribution < 1.29 is 26.3 Å². The van der Waals surface area contributed by atoms with Gasteiger partial charge in [-0.15, -0.1) is 0 Å². The van der Waals surface area contributed by atoms with E-state index < -0.39 is 29.5 Å². The van der Waals surface area contributed by atoms with Crippen molar-refractivity contribution >= 4 is 22.7 Å². The van der Waals surface area contributed by atoms with Gasteiger partial charge in [-0.2, -0.15) is 26.3 Å². The molecule has 8 heteroatoms. The lowest BCUT2D eigenvalue weighted by molar-refractivity contribution is -0.138. The summed E-state index contributed by atoms with van der Waals surface area (Å²) in [6.07, 6.45) is 7.23. The van der Waals surface area contributed by atoms with Gasteiger partial charge in [-0.25, -0.2) is 0 Å². The highest BCUT2D eigenvalue weighted by atomic mass is 19.4. The van der Waals surface area contributed by atoms with Crippen molar-refractivity contribution in [3.8, 4) is 44.5 Å². The normalized spacial score (nSPS) is 16.5. The number of nitrogens with zero attached hydrogens (tertiary/aromatic N) is 2. The number of hydrogen-bond acceptors (Lipinski definition) is 2. The number of rotatable bonds is 10. The molecule has 0 heterocycles. The van der Waals surface area contributed by atoms with Gasteiger partial charge in [0.1, 0.15) is 0 Å². The van der Waals surface area contributed by atoms with E-state index in [0.717, 1.165) is 107 Å². The van der Waals surface area contributed by atoms with E-state index in [4.69, 9.17) is 0 Å². The van der Waals surface area contributed by atoms with Crippen molar-refractivity contribution in [2.45, 2.75) is 46.1 Å². The van der Waals surface area contributed by atoms with Crippen LogP contribution in [-0.4, -0.2) is 6.04 Å². The van der Waals surface area contributed by atoms with Crippen molar-refractivity contribution in [3.63, 3.8) is 0 Å². The fourth-order valence-corrected chi connectivity index (χ4v) is 11.6. The third-order valence-corrected chi connectivity index (χ3v) is 15.2. The van der Waals surface area contributed by atoms with Gasteiger partial charge < -0.3 is 9.80 Å². The molecule has 4 aliphatic carbocycles. The summed E-state index contributed by atoms with van der Waals surface area (Å²) in [4.78, 5) is 3.98. The molecule has 0 saturated carbocycles. The predicted octanol–water partition coefficient (Wildman–Crippen LogP) is 19.7. The maximum atomic E-state index is 14.8. The number of alkyl halides is 6. The first-order valence-corrected chi connectivity index (χ1v) is 26.0. The third kappa shape index (κ3) is 9.35. The van der Waals surface area contributed by atoms with E-state index in [-0.39, 0.29) is 5.92 Å². The third-order valence-electron chi connectivity index (χ3n) is 15.2. The predicted molar refractivity (Wildman–Crippen MR) is 306 cm³/mol. The number of anilines is 4. The van der Waals surface area contributed by atoms with Crippen LogP contribution >= 0.6 is 0 Å². The van der Waals surface area contributed by atoms with Gasteiger partial charge in [0.25, 0.3) is 0 Å². The highest BCUT2D eigenvalue weighted by Gasteiger charge is 2.42. The molecule has 0 bridgehead atoms. The summed E-state index contributed by atoms with van der Waals surface area (Å²) in [6.45, 7) is 8.15. The number of hydrogen-bond donors (Lipinski definition) is 0. The van der Waals surface area contributed by atoms with Gasteiger partial charge in [0.05, 0.1) is 28.6 Å². The number of halogens is 6. The SMILES string of the molecule is Cc1cccc(-c2ccc(N(C3=C4C=CC5=C6C(=CC=C(C=C3)C46)C(N(c3cccc(C(F)(F)F)c3)c3ccc(-c4cccc(C)c4)cc3-c3cccc(C)c3)C=C5)c3cccc(C(F)(F)F)c3)c(-c3cccc(C)c3)c2)c1. The van der Waals surface area contributed by atoms with Crippen LogP contribution in [0.4, 0.5) is 49.1 Å². The Morgan fingerprint density at radius 1 is 0.410 bits per heavy atom. The molecule has 2 unspecified atom stereocenters. The molecule has 384 valence electrons. The van der Waals surface area contributed by atoms with Crippen LogP contribution in [0.25, 0.3) is 44.5 Å². The highest BCUT2D eigenvalue weighted by molar-refractivity contribution is 5.91. The van der Waals surface area contributed by atoms with E-state index in [1.165, 1.54) is 24.3 Å². The van der Waals surface area contributed by atoms with Gasteiger partial charge >= 0.3 is 12.4 Å². The summed E-state index contributed by atoms with van der Waals surface area (Å²) in [6, 6.07) is 55.6. The Morgan fingerprint density at radius 2 is 0.897 bits per heavy atom. The fraction of sp³-hybridized carbons (Fsp3) is 0.114. The minimum absolute atomic E-state index is 0.330.